The molecule has 0 amide bonds. The van der Waals surface area contributed by atoms with Crippen molar-refractivity contribution in [1.29, 1.82) is 0 Å². The molecule has 0 nitrogen and oxygen atoms in total. The molecule has 0 saturated carbocycles. The number of allylic oxidation sites excluding steroid dienone is 8. The molecule has 0 N–H and O–H groups in total. The molecule has 0 aromatic heterocycles. The summed E-state index contributed by atoms with van der Waals surface area (Å²) in [6.07, 6.45) is 8.08. The second kappa shape index (κ2) is 6.94. The number of hydrogen-bond acceptors (Lipinski definition) is 0. The van der Waals surface area contributed by atoms with Crippen LogP contribution < -0.4 is 0 Å². The lowest BCUT2D eigenvalue weighted by atomic mass is 9.66. The Kier molecular flexibility index (Phi) is 4.72. The Morgan fingerprint density at radius 2 is 1.20 bits per heavy atom. The van der Waals surface area contributed by atoms with Crippen LogP contribution >= 0.6 is 0 Å². The van der Waals surface area contributed by atoms with E-state index in [4.69, 9.17) is 0 Å². The zero-order valence-electron chi connectivity index (χ0n) is 15.0. The Morgan fingerprint density at radius 1 is 0.720 bits per heavy atom. The van der Waals surface area contributed by atoms with Crippen LogP contribution in [0.3, 0.4) is 0 Å². The molecule has 0 aliphatic heterocycles. The SMILES string of the molecule is C=C/C=C\C1=C(C)C(C)=C(C=C)C1(c1ccccc1)c1ccccc1. The van der Waals surface area contributed by atoms with Crippen molar-refractivity contribution in [2.45, 2.75) is 19.3 Å². The second-order valence-electron chi connectivity index (χ2n) is 6.36. The zero-order chi connectivity index (χ0) is 17.9. The minimum absolute atomic E-state index is 0.335. The monoisotopic (exact) mass is 324 g/mol. The van der Waals surface area contributed by atoms with Crippen molar-refractivity contribution < 1.29 is 0 Å². The quantitative estimate of drug-likeness (QED) is 0.547. The van der Waals surface area contributed by atoms with E-state index in [0.29, 0.717) is 0 Å². The maximum Gasteiger partial charge on any atom is 0.0706 e. The van der Waals surface area contributed by atoms with E-state index in [0.717, 1.165) is 0 Å². The van der Waals surface area contributed by atoms with Gasteiger partial charge in [-0.1, -0.05) is 98.1 Å². The van der Waals surface area contributed by atoms with E-state index in [1.165, 1.54) is 33.4 Å². The lowest BCUT2D eigenvalue weighted by Gasteiger charge is -2.35. The van der Waals surface area contributed by atoms with Gasteiger partial charge in [-0.25, -0.2) is 0 Å². The van der Waals surface area contributed by atoms with Crippen molar-refractivity contribution in [3.05, 3.63) is 132 Å². The average molecular weight is 324 g/mol. The van der Waals surface area contributed by atoms with Crippen molar-refractivity contribution in [2.75, 3.05) is 0 Å². The Balaban J connectivity index is 2.45. The van der Waals surface area contributed by atoms with Crippen molar-refractivity contribution in [3.8, 4) is 0 Å². The van der Waals surface area contributed by atoms with Crippen LogP contribution in [0.25, 0.3) is 0 Å². The molecule has 0 fully saturated rings. The molecule has 0 heteroatoms. The summed E-state index contributed by atoms with van der Waals surface area (Å²) in [5, 5.41) is 0. The molecule has 25 heavy (non-hydrogen) atoms. The first kappa shape index (κ1) is 17.0. The van der Waals surface area contributed by atoms with Gasteiger partial charge in [0.2, 0.25) is 0 Å². The molecule has 2 aromatic rings. The second-order valence-corrected chi connectivity index (χ2v) is 6.36. The number of benzene rings is 2. The molecule has 1 aliphatic carbocycles. The third-order valence-corrected chi connectivity index (χ3v) is 5.20. The third kappa shape index (κ3) is 2.55. The van der Waals surface area contributed by atoms with Gasteiger partial charge in [0.15, 0.2) is 0 Å². The summed E-state index contributed by atoms with van der Waals surface area (Å²) in [5.41, 5.74) is 7.33. The summed E-state index contributed by atoms with van der Waals surface area (Å²) < 4.78 is 0. The van der Waals surface area contributed by atoms with Gasteiger partial charge in [-0.3, -0.25) is 0 Å². The highest BCUT2D eigenvalue weighted by Gasteiger charge is 2.45. The van der Waals surface area contributed by atoms with E-state index in [9.17, 15) is 0 Å². The lowest BCUT2D eigenvalue weighted by Crippen LogP contribution is -2.30. The van der Waals surface area contributed by atoms with Gasteiger partial charge >= 0.3 is 0 Å². The van der Waals surface area contributed by atoms with E-state index in [1.54, 1.807) is 0 Å². The smallest absolute Gasteiger partial charge is 0.0706 e. The molecule has 0 saturated heterocycles. The predicted molar refractivity (Wildman–Crippen MR) is 109 cm³/mol. The molecule has 2 aromatic carbocycles. The van der Waals surface area contributed by atoms with E-state index in [2.05, 4.69) is 93.7 Å². The minimum atomic E-state index is -0.335. The van der Waals surface area contributed by atoms with Crippen molar-refractivity contribution in [3.63, 3.8) is 0 Å². The van der Waals surface area contributed by atoms with Crippen LogP contribution in [0.15, 0.2) is 120 Å². The van der Waals surface area contributed by atoms with Crippen molar-refractivity contribution >= 4 is 0 Å². The predicted octanol–water partition coefficient (Wildman–Crippen LogP) is 6.55. The standard InChI is InChI=1S/C25H24/c1-5-7-18-24-20(4)19(3)23(6-2)25(24,21-14-10-8-11-15-21)22-16-12-9-13-17-22/h5-18H,1-2H2,3-4H3/b18-7-. The van der Waals surface area contributed by atoms with Crippen LogP contribution in [-0.2, 0) is 5.41 Å². The van der Waals surface area contributed by atoms with Crippen LogP contribution in [0, 0.1) is 0 Å². The van der Waals surface area contributed by atoms with Crippen LogP contribution in [0.5, 0.6) is 0 Å². The molecule has 0 heterocycles. The highest BCUT2D eigenvalue weighted by Crippen LogP contribution is 2.54. The first-order chi connectivity index (χ1) is 12.2. The maximum atomic E-state index is 4.16. The van der Waals surface area contributed by atoms with Gasteiger partial charge < -0.3 is 0 Å². The molecule has 3 rings (SSSR count). The molecule has 0 unspecified atom stereocenters. The van der Waals surface area contributed by atoms with E-state index in [-0.39, 0.29) is 5.41 Å². The van der Waals surface area contributed by atoms with E-state index >= 15 is 0 Å². The Hall–Kier alpha value is -2.86. The topological polar surface area (TPSA) is 0 Å². The number of rotatable bonds is 5. The van der Waals surface area contributed by atoms with Gasteiger partial charge in [-0.15, -0.1) is 0 Å². The zero-order valence-corrected chi connectivity index (χ0v) is 15.0. The van der Waals surface area contributed by atoms with Crippen LogP contribution in [0.1, 0.15) is 25.0 Å². The van der Waals surface area contributed by atoms with Gasteiger partial charge in [0.05, 0.1) is 5.41 Å². The summed E-state index contributed by atoms with van der Waals surface area (Å²) in [4.78, 5) is 0. The largest absolute Gasteiger partial charge is 0.0991 e. The number of hydrogen-bond donors (Lipinski definition) is 0. The minimum Gasteiger partial charge on any atom is -0.0991 e. The summed E-state index contributed by atoms with van der Waals surface area (Å²) in [6, 6.07) is 21.4. The van der Waals surface area contributed by atoms with E-state index in [1.807, 2.05) is 18.2 Å². The molecule has 0 bridgehead atoms. The Labute approximate surface area is 151 Å². The molecule has 124 valence electrons. The molecule has 1 aliphatic rings. The van der Waals surface area contributed by atoms with Crippen molar-refractivity contribution in [1.82, 2.24) is 0 Å². The molecule has 0 radical (unpaired) electrons. The summed E-state index contributed by atoms with van der Waals surface area (Å²) in [5.74, 6) is 0. The highest BCUT2D eigenvalue weighted by atomic mass is 14.5. The van der Waals surface area contributed by atoms with Crippen molar-refractivity contribution in [2.24, 2.45) is 0 Å². The van der Waals surface area contributed by atoms with E-state index < -0.39 is 0 Å². The fourth-order valence-corrected chi connectivity index (χ4v) is 4.00. The van der Waals surface area contributed by atoms with Gasteiger partial charge in [0.25, 0.3) is 0 Å². The lowest BCUT2D eigenvalue weighted by molar-refractivity contribution is 0.753. The summed E-state index contributed by atoms with van der Waals surface area (Å²) in [7, 11) is 0. The fraction of sp³-hybridized carbons (Fsp3) is 0.120. The van der Waals surface area contributed by atoms with Crippen LogP contribution in [-0.4, -0.2) is 0 Å². The maximum absolute atomic E-state index is 4.16. The first-order valence-corrected chi connectivity index (χ1v) is 8.63. The average Bonchev–Trinajstić information content (AvgIpc) is 2.89. The Bertz CT molecular complexity index is 835. The van der Waals surface area contributed by atoms with Gasteiger partial charge in [0, 0.05) is 0 Å². The van der Waals surface area contributed by atoms with Crippen LogP contribution in [0.4, 0.5) is 0 Å². The van der Waals surface area contributed by atoms with Crippen LogP contribution in [0.2, 0.25) is 0 Å². The fourth-order valence-electron chi connectivity index (χ4n) is 4.00. The summed E-state index contributed by atoms with van der Waals surface area (Å²) in [6.45, 7) is 12.4. The molecule has 0 atom stereocenters. The highest BCUT2D eigenvalue weighted by molar-refractivity contribution is 5.72. The first-order valence-electron chi connectivity index (χ1n) is 8.63. The van der Waals surface area contributed by atoms with Gasteiger partial charge in [0.1, 0.15) is 0 Å². The Morgan fingerprint density at radius 3 is 1.64 bits per heavy atom. The summed E-state index contributed by atoms with van der Waals surface area (Å²) >= 11 is 0. The molecule has 0 spiro atoms. The molecular weight excluding hydrogens is 300 g/mol. The third-order valence-electron chi connectivity index (χ3n) is 5.20. The van der Waals surface area contributed by atoms with Gasteiger partial charge in [-0.2, -0.15) is 0 Å². The molecular formula is C25H24. The normalized spacial score (nSPS) is 16.6. The van der Waals surface area contributed by atoms with Gasteiger partial charge in [-0.05, 0) is 47.3 Å².